The lowest BCUT2D eigenvalue weighted by molar-refractivity contribution is -0.137. The summed E-state index contributed by atoms with van der Waals surface area (Å²) in [5, 5.41) is 3.56. The number of carbonyl (C=O) groups is 1. The van der Waals surface area contributed by atoms with Gasteiger partial charge in [0.1, 0.15) is 5.82 Å². The van der Waals surface area contributed by atoms with Crippen LogP contribution < -0.4 is 5.43 Å². The second kappa shape index (κ2) is 6.38. The van der Waals surface area contributed by atoms with Crippen LogP contribution in [0.2, 0.25) is 0 Å². The molecule has 0 bridgehead atoms. The van der Waals surface area contributed by atoms with Crippen molar-refractivity contribution in [2.24, 2.45) is 5.10 Å². The lowest BCUT2D eigenvalue weighted by Gasteiger charge is -2.10. The van der Waals surface area contributed by atoms with Crippen molar-refractivity contribution in [3.8, 4) is 0 Å². The van der Waals surface area contributed by atoms with Crippen LogP contribution in [0, 0.1) is 5.82 Å². The number of alkyl halides is 3. The molecule has 0 fully saturated rings. The van der Waals surface area contributed by atoms with Crippen molar-refractivity contribution in [3.63, 3.8) is 0 Å². The Bertz CT molecular complexity index is 693. The third kappa shape index (κ3) is 3.91. The molecule has 22 heavy (non-hydrogen) atoms. The van der Waals surface area contributed by atoms with Crippen molar-refractivity contribution in [3.05, 3.63) is 71.0 Å². The minimum absolute atomic E-state index is 0.430. The molecular weight excluding hydrogens is 300 g/mol. The largest absolute Gasteiger partial charge is 0.417 e. The average Bonchev–Trinajstić information content (AvgIpc) is 2.48. The number of hydrogen-bond donors (Lipinski definition) is 1. The van der Waals surface area contributed by atoms with E-state index in [2.05, 4.69) is 5.10 Å². The SMILES string of the molecule is O=C(N/N=C/c1ccc(F)cc1)c1ccccc1C(F)(F)F. The van der Waals surface area contributed by atoms with Gasteiger partial charge in [-0.1, -0.05) is 24.3 Å². The van der Waals surface area contributed by atoms with E-state index in [0.717, 1.165) is 12.1 Å². The van der Waals surface area contributed by atoms with Gasteiger partial charge < -0.3 is 0 Å². The van der Waals surface area contributed by atoms with Crippen molar-refractivity contribution >= 4 is 12.1 Å². The summed E-state index contributed by atoms with van der Waals surface area (Å²) in [6.45, 7) is 0. The third-order valence-corrected chi connectivity index (χ3v) is 2.73. The zero-order valence-corrected chi connectivity index (χ0v) is 11.1. The number of carbonyl (C=O) groups excluding carboxylic acids is 1. The first kappa shape index (κ1) is 15.7. The molecule has 0 aromatic heterocycles. The van der Waals surface area contributed by atoms with E-state index in [-0.39, 0.29) is 0 Å². The fourth-order valence-electron chi connectivity index (χ4n) is 1.70. The van der Waals surface area contributed by atoms with Crippen LogP contribution in [0.1, 0.15) is 21.5 Å². The van der Waals surface area contributed by atoms with Crippen molar-refractivity contribution in [1.29, 1.82) is 0 Å². The van der Waals surface area contributed by atoms with E-state index in [1.54, 1.807) is 0 Å². The number of benzene rings is 2. The highest BCUT2D eigenvalue weighted by Gasteiger charge is 2.34. The Kier molecular flexibility index (Phi) is 4.55. The van der Waals surface area contributed by atoms with E-state index >= 15 is 0 Å². The van der Waals surface area contributed by atoms with E-state index < -0.39 is 29.0 Å². The van der Waals surface area contributed by atoms with E-state index in [1.165, 1.54) is 42.6 Å². The number of hydrazone groups is 1. The van der Waals surface area contributed by atoms with Crippen molar-refractivity contribution in [1.82, 2.24) is 5.43 Å². The molecule has 0 aliphatic carbocycles. The van der Waals surface area contributed by atoms with Crippen LogP contribution in [-0.4, -0.2) is 12.1 Å². The summed E-state index contributed by atoms with van der Waals surface area (Å²) in [5.74, 6) is -1.41. The van der Waals surface area contributed by atoms with Crippen LogP contribution in [0.4, 0.5) is 17.6 Å². The number of nitrogens with one attached hydrogen (secondary N) is 1. The van der Waals surface area contributed by atoms with Gasteiger partial charge in [-0.15, -0.1) is 0 Å². The first-order valence-electron chi connectivity index (χ1n) is 6.13. The van der Waals surface area contributed by atoms with Crippen molar-refractivity contribution in [2.45, 2.75) is 6.18 Å². The van der Waals surface area contributed by atoms with Crippen LogP contribution >= 0.6 is 0 Å². The molecule has 3 nitrogen and oxygen atoms in total. The minimum atomic E-state index is -4.63. The van der Waals surface area contributed by atoms with Crippen LogP contribution in [0.25, 0.3) is 0 Å². The van der Waals surface area contributed by atoms with E-state index in [4.69, 9.17) is 0 Å². The molecular formula is C15H10F4N2O. The number of halogens is 4. The molecule has 0 unspecified atom stereocenters. The number of rotatable bonds is 3. The van der Waals surface area contributed by atoms with Crippen molar-refractivity contribution in [2.75, 3.05) is 0 Å². The smallest absolute Gasteiger partial charge is 0.267 e. The summed E-state index contributed by atoms with van der Waals surface area (Å²) in [4.78, 5) is 11.8. The van der Waals surface area contributed by atoms with Gasteiger partial charge in [-0.3, -0.25) is 4.79 Å². The van der Waals surface area contributed by atoms with Gasteiger partial charge >= 0.3 is 6.18 Å². The highest BCUT2D eigenvalue weighted by molar-refractivity contribution is 5.96. The summed E-state index contributed by atoms with van der Waals surface area (Å²) in [7, 11) is 0. The van der Waals surface area contributed by atoms with Gasteiger partial charge in [-0.2, -0.15) is 18.3 Å². The van der Waals surface area contributed by atoms with Gasteiger partial charge in [-0.05, 0) is 29.8 Å². The second-order valence-corrected chi connectivity index (χ2v) is 4.29. The number of nitrogens with zero attached hydrogens (tertiary/aromatic N) is 1. The van der Waals surface area contributed by atoms with Crippen LogP contribution in [-0.2, 0) is 6.18 Å². The maximum absolute atomic E-state index is 12.8. The second-order valence-electron chi connectivity index (χ2n) is 4.29. The summed E-state index contributed by atoms with van der Waals surface area (Å²) >= 11 is 0. The van der Waals surface area contributed by atoms with Crippen LogP contribution in [0.5, 0.6) is 0 Å². The number of amides is 1. The molecule has 0 heterocycles. The molecule has 7 heteroatoms. The molecule has 0 aliphatic heterocycles. The summed E-state index contributed by atoms with van der Waals surface area (Å²) in [5.41, 5.74) is 0.943. The lowest BCUT2D eigenvalue weighted by atomic mass is 10.1. The third-order valence-electron chi connectivity index (χ3n) is 2.73. The van der Waals surface area contributed by atoms with Gasteiger partial charge in [0, 0.05) is 0 Å². The highest BCUT2D eigenvalue weighted by Crippen LogP contribution is 2.31. The molecule has 0 radical (unpaired) electrons. The molecule has 114 valence electrons. The van der Waals surface area contributed by atoms with Crippen LogP contribution in [0.15, 0.2) is 53.6 Å². The predicted octanol–water partition coefficient (Wildman–Crippen LogP) is 3.61. The molecule has 2 rings (SSSR count). The van der Waals surface area contributed by atoms with E-state index in [9.17, 15) is 22.4 Å². The predicted molar refractivity (Wildman–Crippen MR) is 72.9 cm³/mol. The van der Waals surface area contributed by atoms with Gasteiger partial charge in [-0.25, -0.2) is 9.82 Å². The Balaban J connectivity index is 2.12. The summed E-state index contributed by atoms with van der Waals surface area (Å²) in [6, 6.07) is 9.62. The fraction of sp³-hybridized carbons (Fsp3) is 0.0667. The molecule has 0 saturated carbocycles. The molecule has 0 spiro atoms. The average molecular weight is 310 g/mol. The quantitative estimate of drug-likeness (QED) is 0.525. The standard InChI is InChI=1S/C15H10F4N2O/c16-11-7-5-10(6-8-11)9-20-21-14(22)12-3-1-2-4-13(12)15(17,18)19/h1-9H,(H,21,22)/b20-9+. The fourth-order valence-corrected chi connectivity index (χ4v) is 1.70. The first-order chi connectivity index (χ1) is 10.4. The molecule has 1 amide bonds. The van der Waals surface area contributed by atoms with Gasteiger partial charge in [0.25, 0.3) is 5.91 Å². The normalized spacial score (nSPS) is 11.6. The topological polar surface area (TPSA) is 41.5 Å². The highest BCUT2D eigenvalue weighted by atomic mass is 19.4. The summed E-state index contributed by atoms with van der Waals surface area (Å²) in [6.07, 6.45) is -3.43. The van der Waals surface area contributed by atoms with E-state index in [1.807, 2.05) is 5.43 Å². The van der Waals surface area contributed by atoms with Gasteiger partial charge in [0.05, 0.1) is 17.3 Å². The molecule has 2 aromatic carbocycles. The lowest BCUT2D eigenvalue weighted by Crippen LogP contribution is -2.22. The summed E-state index contributed by atoms with van der Waals surface area (Å²) < 4.78 is 51.0. The Morgan fingerprint density at radius 1 is 1.05 bits per heavy atom. The molecule has 1 N–H and O–H groups in total. The van der Waals surface area contributed by atoms with Crippen molar-refractivity contribution < 1.29 is 22.4 Å². The molecule has 0 saturated heterocycles. The maximum atomic E-state index is 12.8. The zero-order valence-electron chi connectivity index (χ0n) is 11.1. The monoisotopic (exact) mass is 310 g/mol. The Hall–Kier alpha value is -2.70. The minimum Gasteiger partial charge on any atom is -0.267 e. The molecule has 2 aromatic rings. The zero-order chi connectivity index (χ0) is 16.2. The molecule has 0 aliphatic rings. The number of hydrogen-bond acceptors (Lipinski definition) is 2. The van der Waals surface area contributed by atoms with Gasteiger partial charge in [0.2, 0.25) is 0 Å². The molecule has 0 atom stereocenters. The Morgan fingerprint density at radius 2 is 1.68 bits per heavy atom. The first-order valence-corrected chi connectivity index (χ1v) is 6.13. The van der Waals surface area contributed by atoms with Crippen LogP contribution in [0.3, 0.4) is 0 Å². The Labute approximate surface area is 123 Å². The van der Waals surface area contributed by atoms with E-state index in [0.29, 0.717) is 5.56 Å². The maximum Gasteiger partial charge on any atom is 0.417 e. The Morgan fingerprint density at radius 3 is 2.32 bits per heavy atom. The van der Waals surface area contributed by atoms with Gasteiger partial charge in [0.15, 0.2) is 0 Å².